The van der Waals surface area contributed by atoms with Crippen LogP contribution in [-0.4, -0.2) is 34.4 Å². The molecule has 1 amide bonds. The molecule has 160 valence electrons. The Hall–Kier alpha value is -3.92. The third-order valence-corrected chi connectivity index (χ3v) is 6.30. The summed E-state index contributed by atoms with van der Waals surface area (Å²) in [6, 6.07) is 15.1. The summed E-state index contributed by atoms with van der Waals surface area (Å²) < 4.78 is 19.1. The molecule has 5 rings (SSSR count). The van der Waals surface area contributed by atoms with Crippen LogP contribution >= 0.6 is 0 Å². The first kappa shape index (κ1) is 20.0. The van der Waals surface area contributed by atoms with Gasteiger partial charge in [0.2, 0.25) is 0 Å². The number of ether oxygens (including phenoxy) is 1. The quantitative estimate of drug-likeness (QED) is 0.611. The van der Waals surface area contributed by atoms with Crippen molar-refractivity contribution in [1.29, 1.82) is 5.26 Å². The van der Waals surface area contributed by atoms with Gasteiger partial charge in [-0.2, -0.15) is 5.26 Å². The fourth-order valence-corrected chi connectivity index (χ4v) is 4.70. The first-order chi connectivity index (χ1) is 15.6. The number of nitrogens with zero attached hydrogens (tertiary/aromatic N) is 3. The monoisotopic (exact) mass is 428 g/mol. The Kier molecular flexibility index (Phi) is 5.20. The number of carbonyl (C=O) groups excluding carboxylic acids is 1. The maximum atomic E-state index is 13.2. The molecule has 0 radical (unpaired) electrons. The van der Waals surface area contributed by atoms with Gasteiger partial charge in [0.05, 0.1) is 18.3 Å². The zero-order chi connectivity index (χ0) is 22.1. The number of rotatable bonds is 5. The van der Waals surface area contributed by atoms with Gasteiger partial charge in [-0.25, -0.2) is 4.39 Å². The molecule has 0 spiro atoms. The summed E-state index contributed by atoms with van der Waals surface area (Å²) in [7, 11) is 0. The molecule has 1 aliphatic carbocycles. The molecule has 1 saturated carbocycles. The third kappa shape index (κ3) is 3.76. The summed E-state index contributed by atoms with van der Waals surface area (Å²) in [6.45, 7) is 0.726. The summed E-state index contributed by atoms with van der Waals surface area (Å²) in [5, 5.41) is 12.4. The molecule has 32 heavy (non-hydrogen) atoms. The van der Waals surface area contributed by atoms with Crippen LogP contribution in [0.15, 0.2) is 67.0 Å². The van der Waals surface area contributed by atoms with E-state index in [1.807, 2.05) is 18.2 Å². The lowest BCUT2D eigenvalue weighted by molar-refractivity contribution is 0.0929. The van der Waals surface area contributed by atoms with E-state index in [2.05, 4.69) is 16.5 Å². The number of nitriles is 1. The van der Waals surface area contributed by atoms with E-state index in [1.165, 1.54) is 12.1 Å². The number of amides is 1. The Morgan fingerprint density at radius 3 is 2.62 bits per heavy atom. The van der Waals surface area contributed by atoms with E-state index in [1.54, 1.807) is 41.6 Å². The molecule has 2 unspecified atom stereocenters. The van der Waals surface area contributed by atoms with E-state index in [9.17, 15) is 14.4 Å². The molecule has 1 saturated heterocycles. The van der Waals surface area contributed by atoms with E-state index in [0.717, 1.165) is 30.5 Å². The lowest BCUT2D eigenvalue weighted by Gasteiger charge is -2.21. The maximum absolute atomic E-state index is 13.2. The number of nitrogens with one attached hydrogen (secondary N) is 1. The average Bonchev–Trinajstić information content (AvgIpc) is 3.37. The predicted octanol–water partition coefficient (Wildman–Crippen LogP) is 4.35. The number of pyridine rings is 1. The number of piperidine rings is 1. The lowest BCUT2D eigenvalue weighted by atomic mass is 10.0. The van der Waals surface area contributed by atoms with Gasteiger partial charge in [0, 0.05) is 23.9 Å². The van der Waals surface area contributed by atoms with Crippen molar-refractivity contribution in [3.63, 3.8) is 0 Å². The normalized spacial score (nSPS) is 21.2. The predicted molar refractivity (Wildman–Crippen MR) is 116 cm³/mol. The highest BCUT2D eigenvalue weighted by Gasteiger charge is 2.47. The average molecular weight is 428 g/mol. The number of fused-ring (bicyclic) bond motifs is 2. The number of halogens is 1. The molecule has 1 aliphatic heterocycles. The van der Waals surface area contributed by atoms with Gasteiger partial charge in [-0.15, -0.1) is 0 Å². The van der Waals surface area contributed by atoms with Gasteiger partial charge in [-0.05, 0) is 66.8 Å². The fraction of sp³-hybridized carbons (Fsp3) is 0.240. The number of likely N-dealkylation sites (tertiary alicyclic amines) is 1. The second kappa shape index (κ2) is 8.31. The van der Waals surface area contributed by atoms with Crippen molar-refractivity contribution in [2.24, 2.45) is 5.92 Å². The van der Waals surface area contributed by atoms with Crippen LogP contribution in [-0.2, 0) is 0 Å². The van der Waals surface area contributed by atoms with Crippen LogP contribution in [0.25, 0.3) is 11.1 Å². The highest BCUT2D eigenvalue weighted by Crippen LogP contribution is 2.37. The molecule has 2 aromatic carbocycles. The van der Waals surface area contributed by atoms with Crippen LogP contribution in [0.1, 0.15) is 23.2 Å². The van der Waals surface area contributed by atoms with Crippen molar-refractivity contribution < 1.29 is 13.9 Å². The topological polar surface area (TPSA) is 78.3 Å². The standard InChI is InChI=1S/C25H21FN4O2/c26-19-6-8-20(9-7-19)32-23-13-28-12-11-21(23)16-1-3-17(4-2-16)25(31)29-24-18-5-10-22(24)30(14-18)15-27/h1-4,6-9,11-13,18,22,24H,5,10,14H2,(H,29,31)/t18?,22?,24-/m1/s1. The van der Waals surface area contributed by atoms with Gasteiger partial charge in [0.15, 0.2) is 11.9 Å². The van der Waals surface area contributed by atoms with E-state index in [0.29, 0.717) is 23.0 Å². The summed E-state index contributed by atoms with van der Waals surface area (Å²) >= 11 is 0. The Labute approximate surface area is 185 Å². The van der Waals surface area contributed by atoms with Gasteiger partial charge in [0.1, 0.15) is 11.6 Å². The van der Waals surface area contributed by atoms with Gasteiger partial charge in [0.25, 0.3) is 5.91 Å². The third-order valence-electron chi connectivity index (χ3n) is 6.30. The van der Waals surface area contributed by atoms with E-state index >= 15 is 0 Å². The minimum absolute atomic E-state index is 0.0257. The number of carbonyl (C=O) groups is 1. The number of hydrogen-bond donors (Lipinski definition) is 1. The van der Waals surface area contributed by atoms with Crippen LogP contribution in [0.2, 0.25) is 0 Å². The summed E-state index contributed by atoms with van der Waals surface area (Å²) in [5.41, 5.74) is 2.26. The van der Waals surface area contributed by atoms with Crippen LogP contribution < -0.4 is 10.1 Å². The van der Waals surface area contributed by atoms with Gasteiger partial charge >= 0.3 is 0 Å². The highest BCUT2D eigenvalue weighted by molar-refractivity contribution is 5.95. The van der Waals surface area contributed by atoms with Crippen molar-refractivity contribution in [3.05, 3.63) is 78.4 Å². The minimum Gasteiger partial charge on any atom is -0.455 e. The van der Waals surface area contributed by atoms with Gasteiger partial charge in [-0.3, -0.25) is 9.78 Å². The first-order valence-electron chi connectivity index (χ1n) is 10.6. The second-order valence-electron chi connectivity index (χ2n) is 8.16. The zero-order valence-electron chi connectivity index (χ0n) is 17.2. The van der Waals surface area contributed by atoms with Crippen molar-refractivity contribution in [3.8, 4) is 28.8 Å². The largest absolute Gasteiger partial charge is 0.455 e. The smallest absolute Gasteiger partial charge is 0.251 e. The Bertz CT molecular complexity index is 1170. The molecule has 2 bridgehead atoms. The van der Waals surface area contributed by atoms with E-state index in [4.69, 9.17) is 4.74 Å². The molecule has 2 aliphatic rings. The fourth-order valence-electron chi connectivity index (χ4n) is 4.70. The number of aromatic nitrogens is 1. The second-order valence-corrected chi connectivity index (χ2v) is 8.16. The van der Waals surface area contributed by atoms with Gasteiger partial charge in [-0.1, -0.05) is 12.1 Å². The van der Waals surface area contributed by atoms with Crippen LogP contribution in [0.3, 0.4) is 0 Å². The van der Waals surface area contributed by atoms with Crippen molar-refractivity contribution in [2.45, 2.75) is 24.9 Å². The van der Waals surface area contributed by atoms with Crippen LogP contribution in [0.5, 0.6) is 11.5 Å². The summed E-state index contributed by atoms with van der Waals surface area (Å²) in [4.78, 5) is 18.7. The molecule has 6 nitrogen and oxygen atoms in total. The highest BCUT2D eigenvalue weighted by atomic mass is 19.1. The van der Waals surface area contributed by atoms with Gasteiger partial charge < -0.3 is 15.0 Å². The summed E-state index contributed by atoms with van der Waals surface area (Å²) in [5.74, 6) is 0.926. The number of benzene rings is 2. The van der Waals surface area contributed by atoms with Crippen LogP contribution in [0, 0.1) is 23.2 Å². The molecule has 2 heterocycles. The molecule has 3 atom stereocenters. The molecular formula is C25H21FN4O2. The summed E-state index contributed by atoms with van der Waals surface area (Å²) in [6.07, 6.45) is 7.51. The molecule has 1 N–H and O–H groups in total. The number of hydrogen-bond acceptors (Lipinski definition) is 5. The Morgan fingerprint density at radius 2 is 1.91 bits per heavy atom. The van der Waals surface area contributed by atoms with Crippen molar-refractivity contribution in [2.75, 3.05) is 6.54 Å². The Morgan fingerprint density at radius 1 is 1.12 bits per heavy atom. The van der Waals surface area contributed by atoms with E-state index in [-0.39, 0.29) is 23.8 Å². The molecular weight excluding hydrogens is 407 g/mol. The zero-order valence-corrected chi connectivity index (χ0v) is 17.2. The molecule has 2 fully saturated rings. The van der Waals surface area contributed by atoms with Crippen LogP contribution in [0.4, 0.5) is 4.39 Å². The molecule has 7 heteroatoms. The Balaban J connectivity index is 1.32. The van der Waals surface area contributed by atoms with E-state index < -0.39 is 0 Å². The first-order valence-corrected chi connectivity index (χ1v) is 10.6. The SMILES string of the molecule is N#CN1CC2CCC1[C@@H]2NC(=O)c1ccc(-c2ccncc2Oc2ccc(F)cc2)cc1. The molecule has 1 aromatic heterocycles. The lowest BCUT2D eigenvalue weighted by Crippen LogP contribution is -2.42. The van der Waals surface area contributed by atoms with Crippen molar-refractivity contribution in [1.82, 2.24) is 15.2 Å². The molecule has 3 aromatic rings. The van der Waals surface area contributed by atoms with Crippen molar-refractivity contribution >= 4 is 5.91 Å². The maximum Gasteiger partial charge on any atom is 0.251 e. The minimum atomic E-state index is -0.330.